The predicted molar refractivity (Wildman–Crippen MR) is 38.9 cm³/mol. The molecule has 2 N–H and O–H groups in total. The first-order valence-electron chi connectivity index (χ1n) is 3.27. The quantitative estimate of drug-likeness (QED) is 0.487. The van der Waals surface area contributed by atoms with Crippen molar-refractivity contribution >= 4 is 15.9 Å². The van der Waals surface area contributed by atoms with Gasteiger partial charge in [-0.1, -0.05) is 0 Å². The van der Waals surface area contributed by atoms with Gasteiger partial charge >= 0.3 is 0 Å². The Morgan fingerprint density at radius 2 is 2.27 bits per heavy atom. The number of ether oxygens (including phenoxy) is 1. The second-order valence-corrected chi connectivity index (χ2v) is 4.92. The van der Waals surface area contributed by atoms with Crippen molar-refractivity contribution in [3.8, 4) is 0 Å². The number of nitrogens with zero attached hydrogens (tertiary/aromatic N) is 1. The summed E-state index contributed by atoms with van der Waals surface area (Å²) >= 11 is 0. The van der Waals surface area contributed by atoms with E-state index in [1.54, 1.807) is 0 Å². The Morgan fingerprint density at radius 3 is 2.91 bits per heavy atom. The van der Waals surface area contributed by atoms with Crippen molar-refractivity contribution < 1.29 is 13.2 Å². The van der Waals surface area contributed by atoms with Gasteiger partial charge in [0.15, 0.2) is 9.84 Å². The van der Waals surface area contributed by atoms with E-state index in [2.05, 4.69) is 4.99 Å². The molecule has 0 unspecified atom stereocenters. The number of fused-ring (bicyclic) bond motifs is 1. The molecule has 2 aliphatic rings. The zero-order valence-electron chi connectivity index (χ0n) is 5.73. The fourth-order valence-corrected chi connectivity index (χ4v) is 3.12. The van der Waals surface area contributed by atoms with E-state index in [-0.39, 0.29) is 29.7 Å². The first-order valence-corrected chi connectivity index (χ1v) is 5.09. The SMILES string of the molecule is NC1=N[C@@H]2CS(=O)(=O)C[C@H]2O1. The zero-order valence-corrected chi connectivity index (χ0v) is 6.54. The van der Waals surface area contributed by atoms with Crippen LogP contribution < -0.4 is 5.73 Å². The van der Waals surface area contributed by atoms with E-state index >= 15 is 0 Å². The van der Waals surface area contributed by atoms with Gasteiger partial charge in [0.25, 0.3) is 6.02 Å². The Hall–Kier alpha value is -0.780. The third-order valence-corrected chi connectivity index (χ3v) is 3.52. The molecule has 2 atom stereocenters. The molecule has 0 radical (unpaired) electrons. The minimum atomic E-state index is -2.92. The summed E-state index contributed by atoms with van der Waals surface area (Å²) in [7, 11) is -2.92. The minimum Gasteiger partial charge on any atom is -0.459 e. The van der Waals surface area contributed by atoms with Crippen LogP contribution in [-0.2, 0) is 14.6 Å². The molecule has 0 aromatic rings. The molecular weight excluding hydrogens is 168 g/mol. The van der Waals surface area contributed by atoms with Crippen LogP contribution in [0.3, 0.4) is 0 Å². The Labute approximate surface area is 64.2 Å². The van der Waals surface area contributed by atoms with E-state index in [4.69, 9.17) is 10.5 Å². The minimum absolute atomic E-state index is 0.0574. The highest BCUT2D eigenvalue weighted by atomic mass is 32.2. The van der Waals surface area contributed by atoms with Gasteiger partial charge in [-0.2, -0.15) is 0 Å². The van der Waals surface area contributed by atoms with Crippen LogP contribution in [0.15, 0.2) is 4.99 Å². The summed E-state index contributed by atoms with van der Waals surface area (Å²) in [4.78, 5) is 3.84. The van der Waals surface area contributed by atoms with Crippen LogP contribution in [0.2, 0.25) is 0 Å². The highest BCUT2D eigenvalue weighted by Crippen LogP contribution is 2.22. The summed E-state index contributed by atoms with van der Waals surface area (Å²) in [6.45, 7) is 0. The summed E-state index contributed by atoms with van der Waals surface area (Å²) in [6, 6.07) is -0.130. The number of sulfone groups is 1. The third kappa shape index (κ3) is 1.07. The van der Waals surface area contributed by atoms with Crippen LogP contribution in [-0.4, -0.2) is 38.1 Å². The molecule has 0 amide bonds. The Bertz CT molecular complexity index is 308. The molecule has 2 heterocycles. The van der Waals surface area contributed by atoms with Crippen LogP contribution in [0.5, 0.6) is 0 Å². The predicted octanol–water partition coefficient (Wildman–Crippen LogP) is -1.50. The van der Waals surface area contributed by atoms with E-state index in [1.165, 1.54) is 0 Å². The lowest BCUT2D eigenvalue weighted by Gasteiger charge is -2.03. The molecule has 11 heavy (non-hydrogen) atoms. The van der Waals surface area contributed by atoms with Crippen LogP contribution in [0.25, 0.3) is 0 Å². The molecule has 6 heteroatoms. The number of amidine groups is 1. The number of nitrogens with two attached hydrogens (primary N) is 1. The molecule has 0 aliphatic carbocycles. The van der Waals surface area contributed by atoms with Gasteiger partial charge in [0.05, 0.1) is 11.5 Å². The zero-order chi connectivity index (χ0) is 8.06. The van der Waals surface area contributed by atoms with Crippen molar-refractivity contribution in [3.05, 3.63) is 0 Å². The molecule has 0 aromatic heterocycles. The summed E-state index contributed by atoms with van der Waals surface area (Å²) in [5, 5.41) is 0. The first-order chi connectivity index (χ1) is 5.07. The highest BCUT2D eigenvalue weighted by Gasteiger charge is 2.43. The van der Waals surface area contributed by atoms with E-state index < -0.39 is 9.84 Å². The molecule has 2 aliphatic heterocycles. The van der Waals surface area contributed by atoms with Crippen LogP contribution in [0, 0.1) is 0 Å². The second-order valence-electron chi connectivity index (χ2n) is 2.77. The fraction of sp³-hybridized carbons (Fsp3) is 0.800. The van der Waals surface area contributed by atoms with Crippen molar-refractivity contribution in [1.29, 1.82) is 0 Å². The maximum absolute atomic E-state index is 11.0. The Kier molecular flexibility index (Phi) is 1.18. The maximum Gasteiger partial charge on any atom is 0.282 e. The topological polar surface area (TPSA) is 81.8 Å². The molecule has 62 valence electrons. The molecule has 2 rings (SSSR count). The van der Waals surface area contributed by atoms with Crippen molar-refractivity contribution in [2.24, 2.45) is 10.7 Å². The van der Waals surface area contributed by atoms with Gasteiger partial charge in [-0.25, -0.2) is 13.4 Å². The van der Waals surface area contributed by atoms with Crippen LogP contribution in [0.4, 0.5) is 0 Å². The number of hydrogen-bond acceptors (Lipinski definition) is 5. The van der Waals surface area contributed by atoms with Crippen molar-refractivity contribution in [3.63, 3.8) is 0 Å². The lowest BCUT2D eigenvalue weighted by molar-refractivity contribution is 0.227. The average molecular weight is 176 g/mol. The van der Waals surface area contributed by atoms with E-state index in [0.29, 0.717) is 0 Å². The molecular formula is C5H8N2O3S. The van der Waals surface area contributed by atoms with Gasteiger partial charge in [-0.3, -0.25) is 0 Å². The number of hydrogen-bond donors (Lipinski definition) is 1. The lowest BCUT2D eigenvalue weighted by atomic mass is 10.2. The van der Waals surface area contributed by atoms with Crippen molar-refractivity contribution in [2.45, 2.75) is 12.1 Å². The fourth-order valence-electron chi connectivity index (χ4n) is 1.38. The van der Waals surface area contributed by atoms with Crippen molar-refractivity contribution in [2.75, 3.05) is 11.5 Å². The maximum atomic E-state index is 11.0. The lowest BCUT2D eigenvalue weighted by Crippen LogP contribution is -2.22. The van der Waals surface area contributed by atoms with Gasteiger partial charge in [0.1, 0.15) is 12.1 Å². The molecule has 5 nitrogen and oxygen atoms in total. The highest BCUT2D eigenvalue weighted by molar-refractivity contribution is 7.91. The summed E-state index contributed by atoms with van der Waals surface area (Å²) < 4.78 is 26.9. The molecule has 0 saturated carbocycles. The van der Waals surface area contributed by atoms with E-state index in [0.717, 1.165) is 0 Å². The molecule has 1 saturated heterocycles. The first kappa shape index (κ1) is 6.90. The van der Waals surface area contributed by atoms with E-state index in [1.807, 2.05) is 0 Å². The van der Waals surface area contributed by atoms with Gasteiger partial charge in [0, 0.05) is 0 Å². The van der Waals surface area contributed by atoms with Crippen molar-refractivity contribution in [1.82, 2.24) is 0 Å². The second kappa shape index (κ2) is 1.88. The van der Waals surface area contributed by atoms with E-state index in [9.17, 15) is 8.42 Å². The van der Waals surface area contributed by atoms with Gasteiger partial charge < -0.3 is 10.5 Å². The molecule has 1 fully saturated rings. The van der Waals surface area contributed by atoms with Gasteiger partial charge in [0.2, 0.25) is 0 Å². The smallest absolute Gasteiger partial charge is 0.282 e. The van der Waals surface area contributed by atoms with Gasteiger partial charge in [-0.05, 0) is 0 Å². The van der Waals surface area contributed by atoms with Crippen LogP contribution >= 0.6 is 0 Å². The molecule has 0 aromatic carbocycles. The molecule has 0 bridgehead atoms. The largest absolute Gasteiger partial charge is 0.459 e. The third-order valence-electron chi connectivity index (χ3n) is 1.84. The summed E-state index contributed by atoms with van der Waals surface area (Å²) in [5.41, 5.74) is 5.25. The normalized spacial score (nSPS) is 39.5. The van der Waals surface area contributed by atoms with Crippen LogP contribution in [0.1, 0.15) is 0 Å². The standard InChI is InChI=1S/C5H8N2O3S/c6-5-7-3-1-11(8,9)2-4(3)10-5/h3-4H,1-2H2,(H2,6,7)/t3-,4-/m1/s1. The molecule has 0 spiro atoms. The average Bonchev–Trinajstić information content (AvgIpc) is 2.17. The number of aliphatic imine (C=N–C) groups is 1. The Morgan fingerprint density at radius 1 is 1.55 bits per heavy atom. The summed E-state index contributed by atoms with van der Waals surface area (Å²) in [5.74, 6) is 0.139. The van der Waals surface area contributed by atoms with Gasteiger partial charge in [-0.15, -0.1) is 0 Å². The number of rotatable bonds is 0. The summed E-state index contributed by atoms with van der Waals surface area (Å²) in [6.07, 6.45) is -0.319. The Balaban J connectivity index is 2.26. The monoisotopic (exact) mass is 176 g/mol.